The predicted molar refractivity (Wildman–Crippen MR) is 112 cm³/mol. The zero-order valence-corrected chi connectivity index (χ0v) is 17.4. The van der Waals surface area contributed by atoms with Gasteiger partial charge in [0.05, 0.1) is 37.1 Å². The van der Waals surface area contributed by atoms with E-state index in [0.717, 1.165) is 24.1 Å². The first kappa shape index (κ1) is 20.8. The van der Waals surface area contributed by atoms with Gasteiger partial charge in [0.2, 0.25) is 0 Å². The van der Waals surface area contributed by atoms with Crippen LogP contribution in [0.3, 0.4) is 0 Å². The van der Waals surface area contributed by atoms with E-state index in [0.29, 0.717) is 34.6 Å². The van der Waals surface area contributed by atoms with Crippen LogP contribution in [0.25, 0.3) is 0 Å². The Labute approximate surface area is 172 Å². The second kappa shape index (κ2) is 9.50. The minimum absolute atomic E-state index is 0.273. The average Bonchev–Trinajstić information content (AvgIpc) is 2.69. The third kappa shape index (κ3) is 6.30. The lowest BCUT2D eigenvalue weighted by atomic mass is 9.98. The van der Waals surface area contributed by atoms with Crippen molar-refractivity contribution in [2.45, 2.75) is 44.8 Å². The van der Waals surface area contributed by atoms with E-state index in [4.69, 9.17) is 16.3 Å². The summed E-state index contributed by atoms with van der Waals surface area (Å²) in [5, 5.41) is 19.5. The number of halogens is 1. The van der Waals surface area contributed by atoms with Crippen molar-refractivity contribution in [1.29, 1.82) is 0 Å². The van der Waals surface area contributed by atoms with Gasteiger partial charge in [0.1, 0.15) is 12.3 Å². The second-order valence-corrected chi connectivity index (χ2v) is 8.58. The highest BCUT2D eigenvalue weighted by atomic mass is 35.5. The molecule has 1 aliphatic carbocycles. The summed E-state index contributed by atoms with van der Waals surface area (Å²) in [6.07, 6.45) is 6.54. The molecule has 0 bridgehead atoms. The third-order valence-corrected chi connectivity index (χ3v) is 5.23. The highest BCUT2D eigenvalue weighted by molar-refractivity contribution is 6.30. The number of hydrogen-bond donors (Lipinski definition) is 1. The molecule has 0 aromatic heterocycles. The number of hydrogen-bond acceptors (Lipinski definition) is 4. The number of benzene rings is 2. The van der Waals surface area contributed by atoms with Crippen molar-refractivity contribution >= 4 is 23.0 Å². The summed E-state index contributed by atoms with van der Waals surface area (Å²) in [5.41, 5.74) is 2.27. The summed E-state index contributed by atoms with van der Waals surface area (Å²) in [4.78, 5) is 0. The van der Waals surface area contributed by atoms with Gasteiger partial charge in [-0.3, -0.25) is 0 Å². The van der Waals surface area contributed by atoms with Crippen LogP contribution in [0, 0.1) is 0 Å². The Bertz CT molecular complexity index is 800. The van der Waals surface area contributed by atoms with E-state index >= 15 is 0 Å². The summed E-state index contributed by atoms with van der Waals surface area (Å²) in [6.45, 7) is 1.28. The normalized spacial score (nSPS) is 16.0. The second-order valence-electron chi connectivity index (χ2n) is 8.14. The molecule has 0 radical (unpaired) electrons. The molecule has 0 spiro atoms. The van der Waals surface area contributed by atoms with Crippen molar-refractivity contribution in [3.05, 3.63) is 53.1 Å². The quantitative estimate of drug-likeness (QED) is 0.333. The number of phenols is 1. The highest BCUT2D eigenvalue weighted by Crippen LogP contribution is 2.28. The van der Waals surface area contributed by atoms with Gasteiger partial charge in [-0.15, -0.1) is 0 Å². The van der Waals surface area contributed by atoms with Gasteiger partial charge in [-0.05, 0) is 55.3 Å². The van der Waals surface area contributed by atoms with Crippen molar-refractivity contribution < 1.29 is 14.3 Å². The first-order chi connectivity index (χ1) is 13.4. The lowest BCUT2D eigenvalue weighted by molar-refractivity contribution is -0.923. The molecule has 28 heavy (non-hydrogen) atoms. The molecule has 2 aromatic carbocycles. The van der Waals surface area contributed by atoms with E-state index in [1.165, 1.54) is 19.3 Å². The van der Waals surface area contributed by atoms with Crippen LogP contribution in [0.1, 0.15) is 37.7 Å². The molecule has 150 valence electrons. The Morgan fingerprint density at radius 1 is 1.00 bits per heavy atom. The number of azo groups is 1. The Balaban J connectivity index is 1.63. The van der Waals surface area contributed by atoms with Gasteiger partial charge in [-0.25, -0.2) is 0 Å². The number of ether oxygens (including phenoxy) is 1. The minimum atomic E-state index is 0.273. The largest absolute Gasteiger partial charge is 0.507 e. The van der Waals surface area contributed by atoms with Crippen LogP contribution >= 0.6 is 11.6 Å². The molecule has 2 aromatic rings. The van der Waals surface area contributed by atoms with Gasteiger partial charge >= 0.3 is 0 Å². The molecule has 1 N–H and O–H groups in total. The lowest BCUT2D eigenvalue weighted by Crippen LogP contribution is -2.42. The maximum Gasteiger partial charge on any atom is 0.183 e. The fraction of sp³-hybridized carbons (Fsp3) is 0.455. The zero-order valence-electron chi connectivity index (χ0n) is 16.6. The summed E-state index contributed by atoms with van der Waals surface area (Å²) < 4.78 is 6.78. The molecule has 1 saturated carbocycles. The van der Waals surface area contributed by atoms with E-state index in [9.17, 15) is 5.11 Å². The molecular weight excluding hydrogens is 374 g/mol. The van der Waals surface area contributed by atoms with Crippen molar-refractivity contribution in [3.8, 4) is 5.75 Å². The summed E-state index contributed by atoms with van der Waals surface area (Å²) in [5.74, 6) is 0.273. The molecule has 0 aliphatic heterocycles. The SMILES string of the molecule is C[N+](C)(COC1CCCCC1)Cc1cc(N=Nc2ccc(Cl)cc2)ccc1O. The highest BCUT2D eigenvalue weighted by Gasteiger charge is 2.22. The van der Waals surface area contributed by atoms with E-state index < -0.39 is 0 Å². The smallest absolute Gasteiger partial charge is 0.183 e. The first-order valence-corrected chi connectivity index (χ1v) is 10.2. The maximum atomic E-state index is 10.3. The Morgan fingerprint density at radius 3 is 2.36 bits per heavy atom. The Morgan fingerprint density at radius 2 is 1.64 bits per heavy atom. The molecule has 0 unspecified atom stereocenters. The fourth-order valence-electron chi connectivity index (χ4n) is 3.43. The topological polar surface area (TPSA) is 54.2 Å². The third-order valence-electron chi connectivity index (χ3n) is 4.98. The molecule has 3 rings (SSSR count). The van der Waals surface area contributed by atoms with Gasteiger partial charge in [-0.2, -0.15) is 10.2 Å². The van der Waals surface area contributed by atoms with Gasteiger partial charge in [0.25, 0.3) is 0 Å². The summed E-state index contributed by atoms with van der Waals surface area (Å²) >= 11 is 5.89. The first-order valence-electron chi connectivity index (χ1n) is 9.84. The van der Waals surface area contributed by atoms with Gasteiger partial charge in [-0.1, -0.05) is 30.9 Å². The minimum Gasteiger partial charge on any atom is -0.507 e. The molecule has 6 heteroatoms. The molecule has 0 amide bonds. The van der Waals surface area contributed by atoms with Crippen LogP contribution in [0.15, 0.2) is 52.7 Å². The Hall–Kier alpha value is -1.95. The predicted octanol–water partition coefficient (Wildman–Crippen LogP) is 6.34. The van der Waals surface area contributed by atoms with E-state index in [-0.39, 0.29) is 5.75 Å². The van der Waals surface area contributed by atoms with Crippen molar-refractivity contribution in [3.63, 3.8) is 0 Å². The van der Waals surface area contributed by atoms with E-state index in [1.54, 1.807) is 24.3 Å². The summed E-state index contributed by atoms with van der Waals surface area (Å²) in [6, 6.07) is 12.5. The van der Waals surface area contributed by atoms with Crippen LogP contribution in [-0.2, 0) is 11.3 Å². The molecule has 1 fully saturated rings. The standard InChI is InChI=1S/C22H28ClN3O2/c1-26(2,16-28-21-6-4-3-5-7-21)15-17-14-20(12-13-22(17)27)25-24-19-10-8-18(23)9-11-19/h8-14,21H,3-7,15-16H2,1-2H3/p+1. The van der Waals surface area contributed by atoms with Crippen molar-refractivity contribution in [1.82, 2.24) is 0 Å². The number of aromatic hydroxyl groups is 1. The average molecular weight is 403 g/mol. The fourth-order valence-corrected chi connectivity index (χ4v) is 3.56. The van der Waals surface area contributed by atoms with Crippen molar-refractivity contribution in [2.24, 2.45) is 10.2 Å². The molecule has 0 atom stereocenters. The van der Waals surface area contributed by atoms with Crippen LogP contribution in [0.2, 0.25) is 5.02 Å². The summed E-state index contributed by atoms with van der Waals surface area (Å²) in [7, 11) is 4.23. The van der Waals surface area contributed by atoms with Gasteiger partial charge in [0.15, 0.2) is 6.73 Å². The monoisotopic (exact) mass is 402 g/mol. The molecule has 0 saturated heterocycles. The van der Waals surface area contributed by atoms with Gasteiger partial charge in [0, 0.05) is 5.02 Å². The number of nitrogens with zero attached hydrogens (tertiary/aromatic N) is 3. The zero-order chi connectivity index (χ0) is 20.0. The molecule has 1 aliphatic rings. The van der Waals surface area contributed by atoms with E-state index in [1.807, 2.05) is 18.2 Å². The molecule has 5 nitrogen and oxygen atoms in total. The molecular formula is C22H29ClN3O2+. The number of phenolic OH excluding ortho intramolecular Hbond substituents is 1. The van der Waals surface area contributed by atoms with Crippen molar-refractivity contribution in [2.75, 3.05) is 20.8 Å². The van der Waals surface area contributed by atoms with E-state index in [2.05, 4.69) is 24.3 Å². The molecule has 0 heterocycles. The lowest BCUT2D eigenvalue weighted by Gasteiger charge is -2.32. The van der Waals surface area contributed by atoms with Crippen LogP contribution in [-0.4, -0.2) is 36.5 Å². The van der Waals surface area contributed by atoms with Crippen LogP contribution in [0.4, 0.5) is 11.4 Å². The number of rotatable bonds is 7. The number of quaternary nitrogens is 1. The van der Waals surface area contributed by atoms with Crippen LogP contribution < -0.4 is 0 Å². The van der Waals surface area contributed by atoms with Crippen LogP contribution in [0.5, 0.6) is 5.75 Å². The van der Waals surface area contributed by atoms with Gasteiger partial charge < -0.3 is 14.3 Å². The maximum absolute atomic E-state index is 10.3. The Kier molecular flexibility index (Phi) is 7.05.